The average molecular weight is 243 g/mol. The van der Waals surface area contributed by atoms with Crippen molar-refractivity contribution in [1.29, 1.82) is 0 Å². The largest absolute Gasteiger partial charge is 0.323 e. The number of hydrogen-bond acceptors (Lipinski definition) is 0. The molecule has 0 saturated heterocycles. The van der Waals surface area contributed by atoms with Gasteiger partial charge in [0.1, 0.15) is 0 Å². The Hall–Kier alpha value is -2.54. The van der Waals surface area contributed by atoms with E-state index in [0.717, 1.165) is 0 Å². The van der Waals surface area contributed by atoms with Gasteiger partial charge in [0, 0.05) is 23.5 Å². The van der Waals surface area contributed by atoms with Crippen molar-refractivity contribution in [1.82, 2.24) is 4.40 Å². The summed E-state index contributed by atoms with van der Waals surface area (Å²) in [4.78, 5) is 0. The monoisotopic (exact) mass is 243 g/mol. The lowest BCUT2D eigenvalue weighted by molar-refractivity contribution is 1.20. The third-order valence-electron chi connectivity index (χ3n) is 3.61. The maximum absolute atomic E-state index is 2.24. The van der Waals surface area contributed by atoms with E-state index in [1.165, 1.54) is 27.4 Å². The van der Waals surface area contributed by atoms with E-state index in [1.54, 1.807) is 0 Å². The van der Waals surface area contributed by atoms with Crippen molar-refractivity contribution in [2.45, 2.75) is 0 Å². The van der Waals surface area contributed by atoms with Crippen LogP contribution in [0, 0.1) is 0 Å². The molecule has 2 heterocycles. The molecule has 0 spiro atoms. The van der Waals surface area contributed by atoms with Crippen molar-refractivity contribution in [2.24, 2.45) is 0 Å². The first kappa shape index (κ1) is 10.4. The molecule has 0 unspecified atom stereocenters. The predicted octanol–water partition coefficient (Wildman–Crippen LogP) is 4.76. The van der Waals surface area contributed by atoms with Crippen LogP contribution in [0.15, 0.2) is 79.1 Å². The molecular formula is C18H13N. The van der Waals surface area contributed by atoms with E-state index in [4.69, 9.17) is 0 Å². The summed E-state index contributed by atoms with van der Waals surface area (Å²) in [7, 11) is 0. The first-order chi connectivity index (χ1) is 9.42. The average Bonchev–Trinajstić information content (AvgIpc) is 2.90. The molecule has 0 atom stereocenters. The Balaban J connectivity index is 2.03. The highest BCUT2D eigenvalue weighted by atomic mass is 14.8. The second-order valence-corrected chi connectivity index (χ2v) is 4.79. The number of pyridine rings is 1. The van der Waals surface area contributed by atoms with Gasteiger partial charge in [0.2, 0.25) is 0 Å². The van der Waals surface area contributed by atoms with Gasteiger partial charge in [-0.05, 0) is 34.5 Å². The fourth-order valence-electron chi connectivity index (χ4n) is 2.68. The quantitative estimate of drug-likeness (QED) is 0.454. The van der Waals surface area contributed by atoms with E-state index in [2.05, 4.69) is 83.5 Å². The second kappa shape index (κ2) is 3.99. The van der Waals surface area contributed by atoms with E-state index in [0.29, 0.717) is 0 Å². The van der Waals surface area contributed by atoms with Gasteiger partial charge in [0.05, 0.1) is 0 Å². The summed E-state index contributed by atoms with van der Waals surface area (Å²) in [5.41, 5.74) is 3.79. The lowest BCUT2D eigenvalue weighted by Crippen LogP contribution is -1.79. The van der Waals surface area contributed by atoms with Gasteiger partial charge in [-0.2, -0.15) is 0 Å². The molecule has 2 aromatic heterocycles. The highest BCUT2D eigenvalue weighted by Crippen LogP contribution is 2.29. The van der Waals surface area contributed by atoms with Crippen LogP contribution in [0.25, 0.3) is 27.4 Å². The SMILES string of the molecule is c1ccc2c(-c3cc4ccccn4c3)cccc2c1. The Morgan fingerprint density at radius 3 is 2.53 bits per heavy atom. The molecule has 0 fully saturated rings. The van der Waals surface area contributed by atoms with Gasteiger partial charge in [-0.15, -0.1) is 0 Å². The molecule has 0 bridgehead atoms. The van der Waals surface area contributed by atoms with E-state index >= 15 is 0 Å². The molecule has 19 heavy (non-hydrogen) atoms. The van der Waals surface area contributed by atoms with Crippen LogP contribution in [0.2, 0.25) is 0 Å². The molecule has 1 heteroatoms. The van der Waals surface area contributed by atoms with Crippen LogP contribution in [0.1, 0.15) is 0 Å². The smallest absolute Gasteiger partial charge is 0.0456 e. The normalized spacial score (nSPS) is 11.2. The highest BCUT2D eigenvalue weighted by Gasteiger charge is 2.05. The third kappa shape index (κ3) is 1.63. The van der Waals surface area contributed by atoms with Crippen molar-refractivity contribution in [3.05, 3.63) is 79.1 Å². The van der Waals surface area contributed by atoms with Gasteiger partial charge in [0.25, 0.3) is 0 Å². The number of aromatic nitrogens is 1. The first-order valence-electron chi connectivity index (χ1n) is 6.47. The van der Waals surface area contributed by atoms with E-state index in [9.17, 15) is 0 Å². The maximum atomic E-state index is 2.24. The highest BCUT2D eigenvalue weighted by molar-refractivity contribution is 5.97. The van der Waals surface area contributed by atoms with Crippen LogP contribution in [-0.4, -0.2) is 4.40 Å². The van der Waals surface area contributed by atoms with Gasteiger partial charge in [-0.1, -0.05) is 48.5 Å². The fourth-order valence-corrected chi connectivity index (χ4v) is 2.68. The van der Waals surface area contributed by atoms with Crippen LogP contribution in [0.3, 0.4) is 0 Å². The van der Waals surface area contributed by atoms with Crippen molar-refractivity contribution in [3.8, 4) is 11.1 Å². The zero-order valence-electron chi connectivity index (χ0n) is 10.5. The Labute approximate surface area is 111 Å². The second-order valence-electron chi connectivity index (χ2n) is 4.79. The lowest BCUT2D eigenvalue weighted by Gasteiger charge is -2.03. The molecule has 4 rings (SSSR count). The Morgan fingerprint density at radius 1 is 0.737 bits per heavy atom. The first-order valence-corrected chi connectivity index (χ1v) is 6.47. The third-order valence-corrected chi connectivity index (χ3v) is 3.61. The molecule has 0 aliphatic rings. The number of fused-ring (bicyclic) bond motifs is 2. The molecule has 0 saturated carbocycles. The van der Waals surface area contributed by atoms with E-state index in [1.807, 2.05) is 0 Å². The lowest BCUT2D eigenvalue weighted by atomic mass is 10.0. The summed E-state index contributed by atoms with van der Waals surface area (Å²) in [6.45, 7) is 0. The Bertz CT molecular complexity index is 833. The molecule has 0 N–H and O–H groups in total. The predicted molar refractivity (Wildman–Crippen MR) is 80.3 cm³/mol. The summed E-state index contributed by atoms with van der Waals surface area (Å²) in [5.74, 6) is 0. The molecular weight excluding hydrogens is 230 g/mol. The number of rotatable bonds is 1. The Kier molecular flexibility index (Phi) is 2.18. The molecule has 0 radical (unpaired) electrons. The number of hydrogen-bond donors (Lipinski definition) is 0. The van der Waals surface area contributed by atoms with Crippen LogP contribution in [-0.2, 0) is 0 Å². The van der Waals surface area contributed by atoms with Crippen LogP contribution in [0.5, 0.6) is 0 Å². The fraction of sp³-hybridized carbons (Fsp3) is 0. The van der Waals surface area contributed by atoms with Gasteiger partial charge in [0.15, 0.2) is 0 Å². The van der Waals surface area contributed by atoms with Crippen LogP contribution < -0.4 is 0 Å². The van der Waals surface area contributed by atoms with Crippen molar-refractivity contribution in [2.75, 3.05) is 0 Å². The molecule has 0 aliphatic carbocycles. The van der Waals surface area contributed by atoms with Gasteiger partial charge >= 0.3 is 0 Å². The summed E-state index contributed by atoms with van der Waals surface area (Å²) >= 11 is 0. The standard InChI is InChI=1S/C18H13N/c1-2-9-17-14(6-1)7-5-10-18(17)15-12-16-8-3-4-11-19(16)13-15/h1-13H. The molecule has 1 nitrogen and oxygen atoms in total. The summed E-state index contributed by atoms with van der Waals surface area (Å²) in [6, 6.07) is 23.5. The van der Waals surface area contributed by atoms with Crippen molar-refractivity contribution >= 4 is 16.3 Å². The molecule has 2 aromatic carbocycles. The minimum Gasteiger partial charge on any atom is -0.323 e. The zero-order chi connectivity index (χ0) is 12.7. The summed E-state index contributed by atoms with van der Waals surface area (Å²) < 4.78 is 2.16. The van der Waals surface area contributed by atoms with Gasteiger partial charge in [-0.25, -0.2) is 0 Å². The van der Waals surface area contributed by atoms with Crippen molar-refractivity contribution < 1.29 is 0 Å². The van der Waals surface area contributed by atoms with Crippen molar-refractivity contribution in [3.63, 3.8) is 0 Å². The number of nitrogens with zero attached hydrogens (tertiary/aromatic N) is 1. The zero-order valence-corrected chi connectivity index (χ0v) is 10.5. The van der Waals surface area contributed by atoms with Gasteiger partial charge < -0.3 is 4.40 Å². The summed E-state index contributed by atoms with van der Waals surface area (Å²) in [6.07, 6.45) is 4.28. The molecule has 4 aromatic rings. The van der Waals surface area contributed by atoms with Crippen LogP contribution in [0.4, 0.5) is 0 Å². The van der Waals surface area contributed by atoms with Crippen LogP contribution >= 0.6 is 0 Å². The number of benzene rings is 2. The molecule has 0 aliphatic heterocycles. The van der Waals surface area contributed by atoms with E-state index < -0.39 is 0 Å². The summed E-state index contributed by atoms with van der Waals surface area (Å²) in [5, 5.41) is 2.59. The minimum absolute atomic E-state index is 1.23. The molecule has 0 amide bonds. The Morgan fingerprint density at radius 2 is 1.58 bits per heavy atom. The molecule has 90 valence electrons. The van der Waals surface area contributed by atoms with Gasteiger partial charge in [-0.3, -0.25) is 0 Å². The minimum atomic E-state index is 1.23. The topological polar surface area (TPSA) is 4.41 Å². The maximum Gasteiger partial charge on any atom is 0.0456 e. The van der Waals surface area contributed by atoms with E-state index in [-0.39, 0.29) is 0 Å².